The molecular formula is C25H40O3. The normalized spacial score (nSPS) is 49.1. The van der Waals surface area contributed by atoms with Crippen LogP contribution in [-0.2, 0) is 4.79 Å². The fourth-order valence-electron chi connectivity index (χ4n) is 8.65. The summed E-state index contributed by atoms with van der Waals surface area (Å²) >= 11 is 0. The van der Waals surface area contributed by atoms with Gasteiger partial charge in [0.25, 0.3) is 0 Å². The Labute approximate surface area is 171 Å². The molecule has 0 heterocycles. The van der Waals surface area contributed by atoms with Crippen molar-refractivity contribution in [3.63, 3.8) is 0 Å². The quantitative estimate of drug-likeness (QED) is 0.610. The van der Waals surface area contributed by atoms with E-state index in [9.17, 15) is 9.90 Å². The highest BCUT2D eigenvalue weighted by Gasteiger charge is 2.62. The van der Waals surface area contributed by atoms with Crippen LogP contribution < -0.4 is 0 Å². The Balaban J connectivity index is 1.56. The Kier molecular flexibility index (Phi) is 5.22. The number of rotatable bonds is 4. The second-order valence-electron chi connectivity index (χ2n) is 11.4. The summed E-state index contributed by atoms with van der Waals surface area (Å²) in [6.45, 7) is 11.5. The highest BCUT2D eigenvalue weighted by Crippen LogP contribution is 2.68. The highest BCUT2D eigenvalue weighted by molar-refractivity contribution is 5.66. The molecule has 4 fully saturated rings. The van der Waals surface area contributed by atoms with Crippen molar-refractivity contribution in [3.8, 4) is 0 Å². The number of fused-ring (bicyclic) bond motifs is 5. The maximum absolute atomic E-state index is 11.3. The second kappa shape index (κ2) is 7.15. The zero-order valence-electron chi connectivity index (χ0n) is 18.1. The van der Waals surface area contributed by atoms with Crippen molar-refractivity contribution in [1.82, 2.24) is 0 Å². The number of allylic oxidation sites excluding steroid dienone is 1. The molecule has 0 saturated heterocycles. The number of carbonyl (C=O) groups is 1. The molecule has 0 aliphatic heterocycles. The van der Waals surface area contributed by atoms with E-state index in [0.717, 1.165) is 19.3 Å². The Morgan fingerprint density at radius 1 is 1.18 bits per heavy atom. The van der Waals surface area contributed by atoms with Crippen molar-refractivity contribution >= 4 is 5.97 Å². The van der Waals surface area contributed by atoms with Crippen LogP contribution in [0.5, 0.6) is 0 Å². The Hall–Kier alpha value is -0.830. The highest BCUT2D eigenvalue weighted by atomic mass is 16.4. The molecule has 4 aliphatic rings. The molecular weight excluding hydrogens is 348 g/mol. The van der Waals surface area contributed by atoms with Gasteiger partial charge in [0.15, 0.2) is 0 Å². The minimum absolute atomic E-state index is 0.160. The number of aliphatic hydroxyl groups is 1. The molecule has 4 saturated carbocycles. The molecule has 5 unspecified atom stereocenters. The molecule has 3 nitrogen and oxygen atoms in total. The minimum atomic E-state index is -0.671. The molecule has 28 heavy (non-hydrogen) atoms. The van der Waals surface area contributed by atoms with Gasteiger partial charge in [-0.15, -0.1) is 0 Å². The summed E-state index contributed by atoms with van der Waals surface area (Å²) < 4.78 is 0. The van der Waals surface area contributed by atoms with E-state index < -0.39 is 5.97 Å². The third-order valence-corrected chi connectivity index (χ3v) is 10.2. The maximum atomic E-state index is 11.3. The van der Waals surface area contributed by atoms with Gasteiger partial charge in [-0.1, -0.05) is 32.9 Å². The van der Waals surface area contributed by atoms with E-state index in [-0.39, 0.29) is 17.9 Å². The lowest BCUT2D eigenvalue weighted by atomic mass is 9.43. The van der Waals surface area contributed by atoms with E-state index in [4.69, 9.17) is 5.11 Å². The molecule has 0 aromatic heterocycles. The van der Waals surface area contributed by atoms with Gasteiger partial charge in [-0.3, -0.25) is 4.79 Å². The predicted molar refractivity (Wildman–Crippen MR) is 112 cm³/mol. The number of hydrogen-bond acceptors (Lipinski definition) is 2. The summed E-state index contributed by atoms with van der Waals surface area (Å²) in [5.74, 6) is 2.73. The van der Waals surface area contributed by atoms with Gasteiger partial charge in [0.2, 0.25) is 0 Å². The molecule has 0 aromatic rings. The molecule has 0 radical (unpaired) electrons. The molecule has 0 spiro atoms. The average molecular weight is 389 g/mol. The third kappa shape index (κ3) is 3.07. The first kappa shape index (κ1) is 20.4. The van der Waals surface area contributed by atoms with Crippen LogP contribution in [0.1, 0.15) is 85.0 Å². The van der Waals surface area contributed by atoms with Crippen molar-refractivity contribution < 1.29 is 15.0 Å². The van der Waals surface area contributed by atoms with Crippen LogP contribution in [0.2, 0.25) is 0 Å². The van der Waals surface area contributed by atoms with E-state index in [1.807, 2.05) is 0 Å². The number of hydrogen-bond donors (Lipinski definition) is 2. The van der Waals surface area contributed by atoms with Gasteiger partial charge in [-0.2, -0.15) is 0 Å². The molecule has 4 rings (SSSR count). The second-order valence-corrected chi connectivity index (χ2v) is 11.4. The van der Waals surface area contributed by atoms with Crippen LogP contribution in [0.3, 0.4) is 0 Å². The van der Waals surface area contributed by atoms with E-state index in [1.165, 1.54) is 44.1 Å². The number of carboxylic acids is 1. The van der Waals surface area contributed by atoms with Crippen molar-refractivity contribution in [3.05, 3.63) is 12.2 Å². The first-order chi connectivity index (χ1) is 13.2. The number of aliphatic carboxylic acids is 1. The van der Waals surface area contributed by atoms with E-state index in [0.29, 0.717) is 40.9 Å². The zero-order chi connectivity index (χ0) is 20.3. The predicted octanol–water partition coefficient (Wildman–Crippen LogP) is 5.67. The first-order valence-electron chi connectivity index (χ1n) is 11.7. The largest absolute Gasteiger partial charge is 0.481 e. The first-order valence-corrected chi connectivity index (χ1v) is 11.7. The molecule has 3 heteroatoms. The van der Waals surface area contributed by atoms with Crippen LogP contribution in [0.15, 0.2) is 12.2 Å². The molecule has 9 atom stereocenters. The lowest BCUT2D eigenvalue weighted by Gasteiger charge is -2.62. The van der Waals surface area contributed by atoms with Gasteiger partial charge in [-0.25, -0.2) is 0 Å². The van der Waals surface area contributed by atoms with Crippen LogP contribution >= 0.6 is 0 Å². The molecule has 0 amide bonds. The minimum Gasteiger partial charge on any atom is -0.481 e. The summed E-state index contributed by atoms with van der Waals surface area (Å²) in [7, 11) is 0. The van der Waals surface area contributed by atoms with Gasteiger partial charge in [-0.05, 0) is 104 Å². The van der Waals surface area contributed by atoms with Crippen molar-refractivity contribution in [2.24, 2.45) is 46.3 Å². The molecule has 0 bridgehead atoms. The molecule has 158 valence electrons. The monoisotopic (exact) mass is 388 g/mol. The third-order valence-electron chi connectivity index (χ3n) is 10.2. The number of carboxylic acid groups (broad SMARTS) is 1. The fraction of sp³-hybridized carbons (Fsp3) is 0.880. The van der Waals surface area contributed by atoms with Gasteiger partial charge in [0, 0.05) is 6.42 Å². The van der Waals surface area contributed by atoms with Gasteiger partial charge in [0.1, 0.15) is 0 Å². The Morgan fingerprint density at radius 3 is 2.61 bits per heavy atom. The van der Waals surface area contributed by atoms with Crippen LogP contribution in [0.4, 0.5) is 0 Å². The van der Waals surface area contributed by atoms with Gasteiger partial charge >= 0.3 is 5.97 Å². The number of aliphatic hydroxyl groups excluding tert-OH is 1. The Bertz CT molecular complexity index is 642. The van der Waals surface area contributed by atoms with Gasteiger partial charge in [0.05, 0.1) is 6.10 Å². The topological polar surface area (TPSA) is 57.5 Å². The molecule has 0 aromatic carbocycles. The molecule has 2 N–H and O–H groups in total. The van der Waals surface area contributed by atoms with Crippen LogP contribution in [-0.4, -0.2) is 22.3 Å². The molecule has 4 aliphatic carbocycles. The van der Waals surface area contributed by atoms with E-state index in [1.54, 1.807) is 0 Å². The van der Waals surface area contributed by atoms with E-state index in [2.05, 4.69) is 27.4 Å². The standard InChI is InChI=1S/C25H40O3/c1-15-9-11-24(3)17(13-15)14-21(26)23-19-7-6-18(16(2)5-8-22(27)28)25(19,4)12-10-20(23)24/h16-21,23,26H,1,5-14H2,2-4H3,(H,27,28)/t16-,17?,18?,19?,20?,21-,23?,24+,25-/m1/s1. The fourth-order valence-corrected chi connectivity index (χ4v) is 8.65. The smallest absolute Gasteiger partial charge is 0.303 e. The summed E-state index contributed by atoms with van der Waals surface area (Å²) in [4.78, 5) is 11.1. The summed E-state index contributed by atoms with van der Waals surface area (Å²) in [6.07, 6.45) is 10.4. The van der Waals surface area contributed by atoms with Crippen LogP contribution in [0.25, 0.3) is 0 Å². The zero-order valence-corrected chi connectivity index (χ0v) is 18.1. The van der Waals surface area contributed by atoms with E-state index >= 15 is 0 Å². The SMILES string of the molecule is C=C1CC[C@@]2(C)C(C1)C[C@@H](O)C1C2CC[C@@]2(C)C1CCC2[C@H](C)CCC(=O)O. The van der Waals surface area contributed by atoms with Crippen LogP contribution in [0, 0.1) is 46.3 Å². The van der Waals surface area contributed by atoms with Gasteiger partial charge < -0.3 is 10.2 Å². The Morgan fingerprint density at radius 2 is 1.89 bits per heavy atom. The summed E-state index contributed by atoms with van der Waals surface area (Å²) in [5, 5.41) is 20.4. The summed E-state index contributed by atoms with van der Waals surface area (Å²) in [6, 6.07) is 0. The van der Waals surface area contributed by atoms with Crippen molar-refractivity contribution in [1.29, 1.82) is 0 Å². The maximum Gasteiger partial charge on any atom is 0.303 e. The van der Waals surface area contributed by atoms with Crippen molar-refractivity contribution in [2.45, 2.75) is 91.1 Å². The van der Waals surface area contributed by atoms with Crippen molar-refractivity contribution in [2.75, 3.05) is 0 Å². The lowest BCUT2D eigenvalue weighted by Crippen LogP contribution is -2.57. The average Bonchev–Trinajstić information content (AvgIpc) is 2.98. The lowest BCUT2D eigenvalue weighted by molar-refractivity contribution is -0.160. The summed E-state index contributed by atoms with van der Waals surface area (Å²) in [5.41, 5.74) is 2.04.